The number of allylic oxidation sites excluding steroid dienone is 2. The quantitative estimate of drug-likeness (QED) is 0.266. The van der Waals surface area contributed by atoms with Gasteiger partial charge in [0, 0.05) is 12.2 Å². The van der Waals surface area contributed by atoms with Gasteiger partial charge in [0.1, 0.15) is 23.9 Å². The van der Waals surface area contributed by atoms with E-state index in [1.807, 2.05) is 0 Å². The fraction of sp³-hybridized carbons (Fsp3) is 0. The number of amides is 2. The van der Waals surface area contributed by atoms with Crippen molar-refractivity contribution in [1.82, 2.24) is 0 Å². The number of anilines is 2. The maximum absolute atomic E-state index is 14.5. The van der Waals surface area contributed by atoms with E-state index in [4.69, 9.17) is 0 Å². The molecule has 0 spiro atoms. The van der Waals surface area contributed by atoms with Crippen molar-refractivity contribution in [3.63, 3.8) is 0 Å². The van der Waals surface area contributed by atoms with Gasteiger partial charge in [0.05, 0.1) is 11.1 Å². The Morgan fingerprint density at radius 3 is 1.00 bits per heavy atom. The SMILES string of the molecule is O=C/C=C\C(=O)Nc1c(F)c(F)c(-c2c(F)c(F)c(NC(=O)/C=C\C=O)c(F)c2F)c(F)c1F. The molecular weight excluding hydrogens is 484 g/mol. The number of rotatable bonds is 7. The monoisotopic (exact) mass is 492 g/mol. The van der Waals surface area contributed by atoms with Gasteiger partial charge in [0.15, 0.2) is 46.5 Å². The number of benzene rings is 2. The molecule has 0 atom stereocenters. The van der Waals surface area contributed by atoms with E-state index >= 15 is 0 Å². The van der Waals surface area contributed by atoms with E-state index in [-0.39, 0.29) is 12.6 Å². The highest BCUT2D eigenvalue weighted by atomic mass is 19.2. The summed E-state index contributed by atoms with van der Waals surface area (Å²) >= 11 is 0. The second-order valence-electron chi connectivity index (χ2n) is 5.98. The number of halogens is 8. The number of aldehydes is 2. The maximum atomic E-state index is 14.5. The molecule has 2 aromatic carbocycles. The molecule has 2 aromatic rings. The van der Waals surface area contributed by atoms with Crippen LogP contribution in [0.15, 0.2) is 24.3 Å². The molecule has 2 amide bonds. The topological polar surface area (TPSA) is 92.3 Å². The first kappa shape index (κ1) is 25.9. The smallest absolute Gasteiger partial charge is 0.248 e. The van der Waals surface area contributed by atoms with E-state index in [1.165, 1.54) is 10.6 Å². The molecule has 14 heteroatoms. The molecule has 0 aliphatic rings. The molecule has 6 nitrogen and oxygen atoms in total. The number of nitrogens with one attached hydrogen (secondary N) is 2. The van der Waals surface area contributed by atoms with Gasteiger partial charge in [-0.25, -0.2) is 35.1 Å². The van der Waals surface area contributed by atoms with Gasteiger partial charge in [0.2, 0.25) is 11.8 Å². The average molecular weight is 492 g/mol. The molecule has 0 aliphatic heterocycles. The molecule has 0 radical (unpaired) electrons. The Bertz CT molecular complexity index is 1120. The van der Waals surface area contributed by atoms with Crippen LogP contribution in [0.1, 0.15) is 0 Å². The van der Waals surface area contributed by atoms with Crippen LogP contribution in [0.5, 0.6) is 0 Å². The number of hydrogen-bond donors (Lipinski definition) is 2. The standard InChI is InChI=1S/C20H8F8N2O4/c21-11-9(12(22)16(26)19(15(11)25)29-7(33)3-1-5-31)10-13(23)17(27)20(18(28)14(10)24)30-8(34)4-2-6-32/h1-6H,(H,29,33)(H,30,34)/b3-1-,4-2-. The highest BCUT2D eigenvalue weighted by Gasteiger charge is 2.34. The second kappa shape index (κ2) is 10.5. The minimum absolute atomic E-state index is 0.0792. The third kappa shape index (κ3) is 4.84. The van der Waals surface area contributed by atoms with Crippen LogP contribution in [-0.4, -0.2) is 24.4 Å². The lowest BCUT2D eigenvalue weighted by Crippen LogP contribution is -2.16. The van der Waals surface area contributed by atoms with Crippen molar-refractivity contribution in [1.29, 1.82) is 0 Å². The molecule has 2 N–H and O–H groups in total. The molecule has 0 aliphatic carbocycles. The molecule has 0 saturated heterocycles. The zero-order valence-corrected chi connectivity index (χ0v) is 16.1. The molecule has 0 bridgehead atoms. The Morgan fingerprint density at radius 1 is 0.500 bits per heavy atom. The van der Waals surface area contributed by atoms with Crippen molar-refractivity contribution in [2.45, 2.75) is 0 Å². The summed E-state index contributed by atoms with van der Waals surface area (Å²) in [4.78, 5) is 43.2. The summed E-state index contributed by atoms with van der Waals surface area (Å²) < 4.78 is 115. The van der Waals surface area contributed by atoms with E-state index in [1.54, 1.807) is 0 Å². The zero-order chi connectivity index (χ0) is 25.7. The summed E-state index contributed by atoms with van der Waals surface area (Å²) in [6, 6.07) is 0. The van der Waals surface area contributed by atoms with E-state index < -0.39 is 80.9 Å². The summed E-state index contributed by atoms with van der Waals surface area (Å²) in [5.41, 5.74) is -7.95. The summed E-state index contributed by atoms with van der Waals surface area (Å²) in [6.45, 7) is 0. The number of carbonyl (C=O) groups excluding carboxylic acids is 4. The first-order valence-corrected chi connectivity index (χ1v) is 8.55. The third-order valence-corrected chi connectivity index (χ3v) is 3.93. The van der Waals surface area contributed by atoms with Gasteiger partial charge in [-0.15, -0.1) is 0 Å². The van der Waals surface area contributed by atoms with Crippen LogP contribution >= 0.6 is 0 Å². The highest BCUT2D eigenvalue weighted by molar-refractivity contribution is 6.02. The maximum Gasteiger partial charge on any atom is 0.248 e. The van der Waals surface area contributed by atoms with E-state index in [0.717, 1.165) is 0 Å². The first-order valence-electron chi connectivity index (χ1n) is 8.55. The second-order valence-corrected chi connectivity index (χ2v) is 5.98. The zero-order valence-electron chi connectivity index (χ0n) is 16.1. The molecular formula is C20H8F8N2O4. The van der Waals surface area contributed by atoms with Gasteiger partial charge in [-0.2, -0.15) is 0 Å². The van der Waals surface area contributed by atoms with Crippen LogP contribution < -0.4 is 10.6 Å². The highest BCUT2D eigenvalue weighted by Crippen LogP contribution is 2.40. The van der Waals surface area contributed by atoms with Crippen molar-refractivity contribution in [2.75, 3.05) is 10.6 Å². The summed E-state index contributed by atoms with van der Waals surface area (Å²) in [7, 11) is 0. The molecule has 0 saturated carbocycles. The third-order valence-electron chi connectivity index (χ3n) is 3.93. The summed E-state index contributed by atoms with van der Waals surface area (Å²) in [6.07, 6.45) is 2.09. The lowest BCUT2D eigenvalue weighted by atomic mass is 10.00. The lowest BCUT2D eigenvalue weighted by molar-refractivity contribution is -0.113. The van der Waals surface area contributed by atoms with Crippen LogP contribution in [0.3, 0.4) is 0 Å². The number of carbonyl (C=O) groups is 4. The Balaban J connectivity index is 2.73. The molecule has 178 valence electrons. The molecule has 34 heavy (non-hydrogen) atoms. The normalized spacial score (nSPS) is 11.2. The van der Waals surface area contributed by atoms with Crippen LogP contribution in [-0.2, 0) is 19.2 Å². The van der Waals surface area contributed by atoms with Crippen LogP contribution in [0.2, 0.25) is 0 Å². The minimum Gasteiger partial charge on any atom is -0.317 e. The van der Waals surface area contributed by atoms with E-state index in [0.29, 0.717) is 24.3 Å². The van der Waals surface area contributed by atoms with E-state index in [9.17, 15) is 54.3 Å². The van der Waals surface area contributed by atoms with Gasteiger partial charge in [-0.05, 0) is 12.2 Å². The fourth-order valence-electron chi connectivity index (χ4n) is 2.50. The molecule has 0 aromatic heterocycles. The van der Waals surface area contributed by atoms with Crippen LogP contribution in [0, 0.1) is 46.5 Å². The van der Waals surface area contributed by atoms with Crippen molar-refractivity contribution < 1.29 is 54.3 Å². The van der Waals surface area contributed by atoms with Gasteiger partial charge in [-0.3, -0.25) is 19.2 Å². The van der Waals surface area contributed by atoms with Crippen LogP contribution in [0.4, 0.5) is 46.5 Å². The van der Waals surface area contributed by atoms with Crippen molar-refractivity contribution in [3.05, 3.63) is 70.8 Å². The minimum atomic E-state index is -2.55. The molecule has 0 fully saturated rings. The van der Waals surface area contributed by atoms with E-state index in [2.05, 4.69) is 0 Å². The average Bonchev–Trinajstić information content (AvgIpc) is 2.81. The molecule has 2 rings (SSSR count). The Kier molecular flexibility index (Phi) is 8.00. The van der Waals surface area contributed by atoms with Gasteiger partial charge in [0.25, 0.3) is 0 Å². The van der Waals surface area contributed by atoms with Crippen LogP contribution in [0.25, 0.3) is 11.1 Å². The Labute approximate surface area is 183 Å². The molecule has 0 unspecified atom stereocenters. The predicted molar refractivity (Wildman–Crippen MR) is 99.2 cm³/mol. The van der Waals surface area contributed by atoms with Crippen molar-refractivity contribution in [3.8, 4) is 11.1 Å². The summed E-state index contributed by atoms with van der Waals surface area (Å²) in [5.74, 6) is -22.7. The van der Waals surface area contributed by atoms with Gasteiger partial charge in [-0.1, -0.05) is 0 Å². The first-order chi connectivity index (χ1) is 16.0. The Morgan fingerprint density at radius 2 is 0.765 bits per heavy atom. The van der Waals surface area contributed by atoms with Crippen molar-refractivity contribution in [2.24, 2.45) is 0 Å². The fourth-order valence-corrected chi connectivity index (χ4v) is 2.50. The van der Waals surface area contributed by atoms with Crippen molar-refractivity contribution >= 4 is 35.8 Å². The largest absolute Gasteiger partial charge is 0.317 e. The predicted octanol–water partition coefficient (Wildman–Crippen LogP) is 3.85. The lowest BCUT2D eigenvalue weighted by Gasteiger charge is -2.16. The Hall–Kier alpha value is -4.36. The number of hydrogen-bond acceptors (Lipinski definition) is 4. The van der Waals surface area contributed by atoms with Gasteiger partial charge < -0.3 is 10.6 Å². The summed E-state index contributed by atoms with van der Waals surface area (Å²) in [5, 5.41) is 2.69. The van der Waals surface area contributed by atoms with Gasteiger partial charge >= 0.3 is 0 Å². The molecule has 0 heterocycles.